The highest BCUT2D eigenvalue weighted by Crippen LogP contribution is 2.43. The third-order valence-electron chi connectivity index (χ3n) is 10.1. The molecule has 0 saturated carbocycles. The molecule has 0 unspecified atom stereocenters. The Morgan fingerprint density at radius 3 is 1.66 bits per heavy atom. The standard InChI is InChI=1S/C50H32N2S/c1-3-15-33(16-4-1)40-22-9-10-23-43(40)50-51-45(35-18-5-2-6-19-35)32-46(52-50)38-30-36(41-25-13-20-34-17-7-8-21-39(34)41)29-37(31-38)42-26-14-28-48-49(42)44-24-11-12-27-47(44)53-48/h1-32H. The molecule has 2 aromatic heterocycles. The molecular weight excluding hydrogens is 661 g/mol. The van der Waals surface area contributed by atoms with Gasteiger partial charge in [-0.25, -0.2) is 9.97 Å². The molecule has 0 aliphatic rings. The van der Waals surface area contributed by atoms with Gasteiger partial charge in [-0.05, 0) is 80.6 Å². The molecule has 53 heavy (non-hydrogen) atoms. The molecule has 0 N–H and O–H groups in total. The van der Waals surface area contributed by atoms with Gasteiger partial charge in [-0.1, -0.05) is 158 Å². The zero-order valence-corrected chi connectivity index (χ0v) is 29.6. The van der Waals surface area contributed by atoms with Crippen LogP contribution in [-0.4, -0.2) is 9.97 Å². The van der Waals surface area contributed by atoms with Crippen molar-refractivity contribution in [2.24, 2.45) is 0 Å². The zero-order chi connectivity index (χ0) is 35.1. The molecule has 0 atom stereocenters. The molecule has 3 heteroatoms. The number of thiophene rings is 1. The summed E-state index contributed by atoms with van der Waals surface area (Å²) in [5, 5.41) is 5.02. The number of aromatic nitrogens is 2. The maximum absolute atomic E-state index is 5.41. The third kappa shape index (κ3) is 5.68. The van der Waals surface area contributed by atoms with Crippen LogP contribution >= 0.6 is 11.3 Å². The minimum Gasteiger partial charge on any atom is -0.228 e. The Kier molecular flexibility index (Phi) is 7.71. The summed E-state index contributed by atoms with van der Waals surface area (Å²) in [4.78, 5) is 10.7. The maximum atomic E-state index is 5.41. The smallest absolute Gasteiger partial charge is 0.161 e. The molecule has 8 aromatic carbocycles. The van der Waals surface area contributed by atoms with Crippen molar-refractivity contribution in [1.29, 1.82) is 0 Å². The third-order valence-corrected chi connectivity index (χ3v) is 11.2. The van der Waals surface area contributed by atoms with Crippen LogP contribution in [0.2, 0.25) is 0 Å². The van der Waals surface area contributed by atoms with E-state index in [1.807, 2.05) is 17.4 Å². The topological polar surface area (TPSA) is 25.8 Å². The highest BCUT2D eigenvalue weighted by Gasteiger charge is 2.18. The van der Waals surface area contributed by atoms with Crippen LogP contribution in [0, 0.1) is 0 Å². The molecule has 2 heterocycles. The lowest BCUT2D eigenvalue weighted by Crippen LogP contribution is -1.98. The van der Waals surface area contributed by atoms with Gasteiger partial charge in [0.05, 0.1) is 11.4 Å². The lowest BCUT2D eigenvalue weighted by atomic mass is 9.91. The summed E-state index contributed by atoms with van der Waals surface area (Å²) in [6.45, 7) is 0. The van der Waals surface area contributed by atoms with Gasteiger partial charge in [0, 0.05) is 36.9 Å². The van der Waals surface area contributed by atoms with E-state index in [0.29, 0.717) is 5.82 Å². The molecule has 0 saturated heterocycles. The first-order valence-electron chi connectivity index (χ1n) is 17.9. The number of hydrogen-bond acceptors (Lipinski definition) is 3. The summed E-state index contributed by atoms with van der Waals surface area (Å²) in [6, 6.07) is 69.2. The van der Waals surface area contributed by atoms with Crippen molar-refractivity contribution >= 4 is 42.3 Å². The van der Waals surface area contributed by atoms with E-state index >= 15 is 0 Å². The van der Waals surface area contributed by atoms with Crippen molar-refractivity contribution in [1.82, 2.24) is 9.97 Å². The number of rotatable bonds is 6. The number of hydrogen-bond donors (Lipinski definition) is 0. The average molecular weight is 693 g/mol. The Balaban J connectivity index is 1.26. The summed E-state index contributed by atoms with van der Waals surface area (Å²) in [7, 11) is 0. The van der Waals surface area contributed by atoms with E-state index in [-0.39, 0.29) is 0 Å². The van der Waals surface area contributed by atoms with Crippen molar-refractivity contribution in [3.8, 4) is 67.3 Å². The normalized spacial score (nSPS) is 11.4. The molecule has 10 aromatic rings. The van der Waals surface area contributed by atoms with E-state index in [2.05, 4.69) is 188 Å². The SMILES string of the molecule is c1ccc(-c2cc(-c3cc(-c4cccc5ccccc45)cc(-c4cccc5sc6ccccc6c45)c3)nc(-c3ccccc3-c3ccccc3)n2)cc1. The molecule has 0 radical (unpaired) electrons. The molecule has 2 nitrogen and oxygen atoms in total. The van der Waals surface area contributed by atoms with E-state index in [4.69, 9.17) is 9.97 Å². The van der Waals surface area contributed by atoms with E-state index in [1.165, 1.54) is 42.1 Å². The lowest BCUT2D eigenvalue weighted by molar-refractivity contribution is 1.18. The van der Waals surface area contributed by atoms with Crippen molar-refractivity contribution in [3.63, 3.8) is 0 Å². The quantitative estimate of drug-likeness (QED) is 0.173. The monoisotopic (exact) mass is 692 g/mol. The van der Waals surface area contributed by atoms with Crippen molar-refractivity contribution in [3.05, 3.63) is 194 Å². The lowest BCUT2D eigenvalue weighted by Gasteiger charge is -2.16. The molecule has 0 fully saturated rings. The van der Waals surface area contributed by atoms with Gasteiger partial charge in [0.2, 0.25) is 0 Å². The Morgan fingerprint density at radius 1 is 0.321 bits per heavy atom. The summed E-state index contributed by atoms with van der Waals surface area (Å²) < 4.78 is 2.58. The number of benzene rings is 8. The molecule has 10 rings (SSSR count). The molecule has 0 bridgehead atoms. The average Bonchev–Trinajstić information content (AvgIpc) is 3.63. The predicted octanol–water partition coefficient (Wildman–Crippen LogP) is 14.0. The van der Waals surface area contributed by atoms with E-state index in [1.54, 1.807) is 0 Å². The van der Waals surface area contributed by atoms with Gasteiger partial charge in [-0.3, -0.25) is 0 Å². The molecule has 0 spiro atoms. The Bertz CT molecular complexity index is 2940. The first kappa shape index (κ1) is 31.1. The van der Waals surface area contributed by atoms with Crippen LogP contribution in [0.3, 0.4) is 0 Å². The molecule has 0 aliphatic carbocycles. The fraction of sp³-hybridized carbons (Fsp3) is 0. The zero-order valence-electron chi connectivity index (χ0n) is 28.8. The van der Waals surface area contributed by atoms with E-state index in [9.17, 15) is 0 Å². The van der Waals surface area contributed by atoms with Gasteiger partial charge in [0.25, 0.3) is 0 Å². The van der Waals surface area contributed by atoms with E-state index < -0.39 is 0 Å². The Hall–Kier alpha value is -6.68. The largest absolute Gasteiger partial charge is 0.228 e. The highest BCUT2D eigenvalue weighted by atomic mass is 32.1. The summed E-state index contributed by atoms with van der Waals surface area (Å²) >= 11 is 1.85. The minimum absolute atomic E-state index is 0.698. The number of fused-ring (bicyclic) bond motifs is 4. The van der Waals surface area contributed by atoms with Crippen LogP contribution in [0.25, 0.3) is 98.2 Å². The van der Waals surface area contributed by atoms with Crippen LogP contribution in [0.15, 0.2) is 194 Å². The van der Waals surface area contributed by atoms with Crippen LogP contribution in [-0.2, 0) is 0 Å². The molecule has 0 aliphatic heterocycles. The van der Waals surface area contributed by atoms with Crippen molar-refractivity contribution in [2.75, 3.05) is 0 Å². The Labute approximate surface area is 312 Å². The summed E-state index contributed by atoms with van der Waals surface area (Å²) in [5.74, 6) is 0.698. The Morgan fingerprint density at radius 2 is 0.849 bits per heavy atom. The highest BCUT2D eigenvalue weighted by molar-refractivity contribution is 7.25. The fourth-order valence-electron chi connectivity index (χ4n) is 7.60. The first-order chi connectivity index (χ1) is 26.3. The van der Waals surface area contributed by atoms with Crippen LogP contribution < -0.4 is 0 Å². The van der Waals surface area contributed by atoms with Crippen molar-refractivity contribution < 1.29 is 0 Å². The second-order valence-electron chi connectivity index (χ2n) is 13.3. The van der Waals surface area contributed by atoms with Crippen LogP contribution in [0.5, 0.6) is 0 Å². The molecule has 0 amide bonds. The fourth-order valence-corrected chi connectivity index (χ4v) is 8.73. The summed E-state index contributed by atoms with van der Waals surface area (Å²) in [5.41, 5.74) is 11.8. The van der Waals surface area contributed by atoms with Gasteiger partial charge < -0.3 is 0 Å². The molecule has 248 valence electrons. The van der Waals surface area contributed by atoms with Crippen LogP contribution in [0.1, 0.15) is 0 Å². The minimum atomic E-state index is 0.698. The first-order valence-corrected chi connectivity index (χ1v) is 18.7. The predicted molar refractivity (Wildman–Crippen MR) is 225 cm³/mol. The maximum Gasteiger partial charge on any atom is 0.161 e. The second kappa shape index (κ2) is 13.1. The van der Waals surface area contributed by atoms with E-state index in [0.717, 1.165) is 50.3 Å². The van der Waals surface area contributed by atoms with Gasteiger partial charge in [0.15, 0.2) is 5.82 Å². The summed E-state index contributed by atoms with van der Waals surface area (Å²) in [6.07, 6.45) is 0. The van der Waals surface area contributed by atoms with Gasteiger partial charge in [0.1, 0.15) is 0 Å². The van der Waals surface area contributed by atoms with Crippen molar-refractivity contribution in [2.45, 2.75) is 0 Å². The van der Waals surface area contributed by atoms with Gasteiger partial charge in [-0.2, -0.15) is 0 Å². The van der Waals surface area contributed by atoms with Gasteiger partial charge in [-0.15, -0.1) is 11.3 Å². The number of nitrogens with zero attached hydrogens (tertiary/aromatic N) is 2. The molecular formula is C50H32N2S. The van der Waals surface area contributed by atoms with Gasteiger partial charge >= 0.3 is 0 Å². The second-order valence-corrected chi connectivity index (χ2v) is 14.4. The van der Waals surface area contributed by atoms with Crippen LogP contribution in [0.4, 0.5) is 0 Å².